The number of aromatic nitrogens is 1. The third-order valence-electron chi connectivity index (χ3n) is 3.93. The fourth-order valence-corrected chi connectivity index (χ4v) is 5.21. The molecule has 1 aromatic heterocycles. The van der Waals surface area contributed by atoms with E-state index in [1.165, 1.54) is 27.3 Å². The van der Waals surface area contributed by atoms with E-state index in [4.69, 9.17) is 11.1 Å². The van der Waals surface area contributed by atoms with Gasteiger partial charge in [0.1, 0.15) is 0 Å². The summed E-state index contributed by atoms with van der Waals surface area (Å²) in [6.07, 6.45) is 5.13. The van der Waals surface area contributed by atoms with Gasteiger partial charge in [-0.25, -0.2) is 0 Å². The fraction of sp³-hybridized carbons (Fsp3) is 0.235. The van der Waals surface area contributed by atoms with Crippen molar-refractivity contribution in [2.24, 2.45) is 0 Å². The Balaban J connectivity index is 2.06. The molecule has 2 aromatic rings. The first kappa shape index (κ1) is 13.6. The van der Waals surface area contributed by atoms with Crippen LogP contribution in [0.25, 0.3) is 16.5 Å². The van der Waals surface area contributed by atoms with Crippen molar-refractivity contribution in [2.45, 2.75) is 26.4 Å². The predicted octanol–water partition coefficient (Wildman–Crippen LogP) is 5.32. The summed E-state index contributed by atoms with van der Waals surface area (Å²) in [7, 11) is -1.75. The molecule has 3 heteroatoms. The van der Waals surface area contributed by atoms with Gasteiger partial charge in [-0.1, -0.05) is 54.2 Å². The summed E-state index contributed by atoms with van der Waals surface area (Å²) in [5.74, 6) is 0. The molecular weight excluding hydrogens is 282 g/mol. The summed E-state index contributed by atoms with van der Waals surface area (Å²) in [5.41, 5.74) is 5.03. The number of para-hydroxylation sites is 1. The number of hydrogen-bond donors (Lipinski definition) is 0. The number of hydrogen-bond acceptors (Lipinski definition) is 1. The second kappa shape index (κ2) is 4.87. The summed E-state index contributed by atoms with van der Waals surface area (Å²) in [6.45, 7) is 6.58. The maximum Gasteiger partial charge on any atom is 0.177 e. The molecule has 1 aliphatic carbocycles. The highest BCUT2D eigenvalue weighted by molar-refractivity contribution is 7.23. The highest BCUT2D eigenvalue weighted by Crippen LogP contribution is 2.39. The fourth-order valence-electron chi connectivity index (χ4n) is 2.94. The average molecular weight is 300 g/mol. The van der Waals surface area contributed by atoms with E-state index in [2.05, 4.69) is 55.3 Å². The Labute approximate surface area is 125 Å². The minimum atomic E-state index is -1.75. The van der Waals surface area contributed by atoms with E-state index in [0.29, 0.717) is 0 Å². The number of allylic oxidation sites excluding steroid dienone is 4. The second-order valence-corrected chi connectivity index (χ2v) is 12.2. The highest BCUT2D eigenvalue weighted by Gasteiger charge is 2.29. The molecule has 3 rings (SSSR count). The predicted molar refractivity (Wildman–Crippen MR) is 90.4 cm³/mol. The van der Waals surface area contributed by atoms with Crippen molar-refractivity contribution in [3.8, 4) is 0 Å². The number of halogens is 1. The van der Waals surface area contributed by atoms with Crippen LogP contribution in [0, 0.1) is 0 Å². The van der Waals surface area contributed by atoms with Gasteiger partial charge in [0, 0.05) is 17.1 Å². The molecule has 0 atom stereocenters. The van der Waals surface area contributed by atoms with Gasteiger partial charge in [0.05, 0.1) is 5.52 Å². The summed E-state index contributed by atoms with van der Waals surface area (Å²) in [4.78, 5) is 4.56. The molecule has 0 amide bonds. The van der Waals surface area contributed by atoms with Crippen LogP contribution in [0.5, 0.6) is 0 Å². The lowest BCUT2D eigenvalue weighted by Crippen LogP contribution is -2.20. The van der Waals surface area contributed by atoms with E-state index in [1.807, 2.05) is 12.3 Å². The molecule has 1 nitrogen and oxygen atoms in total. The van der Waals surface area contributed by atoms with Crippen LogP contribution in [0.3, 0.4) is 0 Å². The maximum atomic E-state index is 6.64. The molecule has 0 unspecified atom stereocenters. The van der Waals surface area contributed by atoms with Crippen molar-refractivity contribution in [3.63, 3.8) is 0 Å². The van der Waals surface area contributed by atoms with E-state index < -0.39 is 7.38 Å². The molecular formula is C17H18ClNSi. The molecule has 0 aliphatic heterocycles. The lowest BCUT2D eigenvalue weighted by Gasteiger charge is -2.17. The van der Waals surface area contributed by atoms with Gasteiger partial charge >= 0.3 is 0 Å². The second-order valence-electron chi connectivity index (χ2n) is 5.86. The molecule has 0 saturated heterocycles. The number of fused-ring (bicyclic) bond motifs is 1. The molecule has 0 radical (unpaired) electrons. The number of rotatable bonds is 2. The van der Waals surface area contributed by atoms with Gasteiger partial charge in [0.25, 0.3) is 0 Å². The first-order chi connectivity index (χ1) is 9.47. The largest absolute Gasteiger partial charge is 0.256 e. The first-order valence-corrected chi connectivity index (χ1v) is 10.9. The Morgan fingerprint density at radius 1 is 1.15 bits per heavy atom. The third kappa shape index (κ3) is 2.34. The van der Waals surface area contributed by atoms with E-state index >= 15 is 0 Å². The summed E-state index contributed by atoms with van der Waals surface area (Å²) >= 11 is 6.64. The maximum absolute atomic E-state index is 6.64. The molecule has 0 bridgehead atoms. The monoisotopic (exact) mass is 299 g/mol. The van der Waals surface area contributed by atoms with E-state index in [0.717, 1.165) is 11.9 Å². The summed E-state index contributed by atoms with van der Waals surface area (Å²) in [5, 5.41) is 2.64. The normalized spacial score (nSPS) is 15.9. The zero-order valence-corrected chi connectivity index (χ0v) is 13.8. The lowest BCUT2D eigenvalue weighted by molar-refractivity contribution is 1.33. The van der Waals surface area contributed by atoms with Gasteiger partial charge in [-0.05, 0) is 25.0 Å². The number of nitrogens with zero attached hydrogens (tertiary/aromatic N) is 1. The van der Waals surface area contributed by atoms with Gasteiger partial charge in [-0.15, -0.1) is 0 Å². The van der Waals surface area contributed by atoms with Crippen LogP contribution in [-0.4, -0.2) is 12.4 Å². The average Bonchev–Trinajstić information content (AvgIpc) is 2.80. The zero-order valence-electron chi connectivity index (χ0n) is 12.1. The van der Waals surface area contributed by atoms with Gasteiger partial charge in [-0.3, -0.25) is 4.98 Å². The topological polar surface area (TPSA) is 12.9 Å². The van der Waals surface area contributed by atoms with E-state index in [-0.39, 0.29) is 0 Å². The smallest absolute Gasteiger partial charge is 0.177 e. The van der Waals surface area contributed by atoms with E-state index in [1.54, 1.807) is 0 Å². The standard InChI is InChI=1S/C17H18ClNSi/c1-12-10-14(11-16(12)20(2,3)18)15-8-4-6-13-7-5-9-19-17(13)15/h4-10H,11H2,1-3H3. The number of pyridine rings is 1. The zero-order chi connectivity index (χ0) is 14.3. The van der Waals surface area contributed by atoms with Crippen LogP contribution in [0.15, 0.2) is 53.4 Å². The third-order valence-corrected chi connectivity index (χ3v) is 6.62. The molecule has 0 N–H and O–H groups in total. The van der Waals surface area contributed by atoms with Crippen molar-refractivity contribution in [1.82, 2.24) is 4.98 Å². The summed E-state index contributed by atoms with van der Waals surface area (Å²) < 4.78 is 0. The molecule has 0 saturated carbocycles. The SMILES string of the molecule is CC1=C([Si](C)(C)Cl)CC(c2cccc3cccnc23)=C1. The van der Waals surface area contributed by atoms with Gasteiger partial charge in [-0.2, -0.15) is 11.1 Å². The molecule has 0 spiro atoms. The Morgan fingerprint density at radius 2 is 1.90 bits per heavy atom. The Bertz CT molecular complexity index is 733. The van der Waals surface area contributed by atoms with Gasteiger partial charge in [0.15, 0.2) is 7.38 Å². The highest BCUT2D eigenvalue weighted by atomic mass is 35.6. The molecule has 1 aliphatic rings. The molecule has 0 fully saturated rings. The molecule has 1 heterocycles. The van der Waals surface area contributed by atoms with Crippen LogP contribution >= 0.6 is 11.1 Å². The molecule has 20 heavy (non-hydrogen) atoms. The van der Waals surface area contributed by atoms with Crippen molar-refractivity contribution in [3.05, 3.63) is 58.9 Å². The summed E-state index contributed by atoms with van der Waals surface area (Å²) in [6, 6.07) is 10.5. The van der Waals surface area contributed by atoms with Crippen molar-refractivity contribution >= 4 is 34.9 Å². The van der Waals surface area contributed by atoms with Crippen molar-refractivity contribution < 1.29 is 0 Å². The van der Waals surface area contributed by atoms with Crippen LogP contribution in [0.1, 0.15) is 18.9 Å². The minimum Gasteiger partial charge on any atom is -0.256 e. The Morgan fingerprint density at radius 3 is 2.60 bits per heavy atom. The minimum absolute atomic E-state index is 0.976. The lowest BCUT2D eigenvalue weighted by atomic mass is 10.0. The van der Waals surface area contributed by atoms with Crippen molar-refractivity contribution in [1.29, 1.82) is 0 Å². The van der Waals surface area contributed by atoms with Crippen LogP contribution in [-0.2, 0) is 0 Å². The van der Waals surface area contributed by atoms with Crippen molar-refractivity contribution in [2.75, 3.05) is 0 Å². The quantitative estimate of drug-likeness (QED) is 0.540. The first-order valence-electron chi connectivity index (χ1n) is 6.90. The Kier molecular flexibility index (Phi) is 3.31. The van der Waals surface area contributed by atoms with Crippen LogP contribution < -0.4 is 0 Å². The van der Waals surface area contributed by atoms with E-state index in [9.17, 15) is 0 Å². The Hall–Kier alpha value is -1.38. The van der Waals surface area contributed by atoms with Gasteiger partial charge < -0.3 is 0 Å². The number of benzene rings is 1. The van der Waals surface area contributed by atoms with Crippen LogP contribution in [0.4, 0.5) is 0 Å². The van der Waals surface area contributed by atoms with Gasteiger partial charge in [0.2, 0.25) is 0 Å². The van der Waals surface area contributed by atoms with Crippen LogP contribution in [0.2, 0.25) is 13.1 Å². The molecule has 1 aromatic carbocycles. The molecule has 102 valence electrons.